The molecule has 0 amide bonds. The zero-order valence-corrected chi connectivity index (χ0v) is 14.1. The van der Waals surface area contributed by atoms with E-state index in [2.05, 4.69) is 20.6 Å². The van der Waals surface area contributed by atoms with Gasteiger partial charge in [-0.05, 0) is 18.2 Å². The Kier molecular flexibility index (Phi) is 6.16. The Hall–Kier alpha value is -2.66. The van der Waals surface area contributed by atoms with Crippen molar-refractivity contribution in [2.45, 2.75) is 6.18 Å². The zero-order valence-electron chi connectivity index (χ0n) is 13.3. The molecule has 1 heterocycles. The number of aromatic nitrogens is 2. The number of hydrogen-bond acceptors (Lipinski definition) is 7. The smallest absolute Gasteiger partial charge is 0.383 e. The Morgan fingerprint density at radius 2 is 2.00 bits per heavy atom. The fourth-order valence-electron chi connectivity index (χ4n) is 1.97. The van der Waals surface area contributed by atoms with Crippen LogP contribution in [0.25, 0.3) is 0 Å². The average Bonchev–Trinajstić information content (AvgIpc) is 2.56. The fourth-order valence-corrected chi connectivity index (χ4v) is 2.13. The van der Waals surface area contributed by atoms with E-state index in [0.29, 0.717) is 0 Å². The highest BCUT2D eigenvalue weighted by molar-refractivity contribution is 6.33. The number of rotatable bonds is 7. The van der Waals surface area contributed by atoms with E-state index in [4.69, 9.17) is 16.3 Å². The Balaban J connectivity index is 2.40. The van der Waals surface area contributed by atoms with Crippen molar-refractivity contribution >= 4 is 34.6 Å². The molecule has 0 aliphatic rings. The monoisotopic (exact) mass is 391 g/mol. The maximum Gasteiger partial charge on any atom is 0.416 e. The second kappa shape index (κ2) is 8.15. The molecule has 0 bridgehead atoms. The van der Waals surface area contributed by atoms with Crippen molar-refractivity contribution in [2.24, 2.45) is 0 Å². The van der Waals surface area contributed by atoms with E-state index in [1.165, 1.54) is 7.11 Å². The van der Waals surface area contributed by atoms with Gasteiger partial charge in [0.15, 0.2) is 0 Å². The van der Waals surface area contributed by atoms with Gasteiger partial charge in [0.2, 0.25) is 11.6 Å². The number of ether oxygens (including phenoxy) is 1. The van der Waals surface area contributed by atoms with E-state index in [0.717, 1.165) is 24.5 Å². The van der Waals surface area contributed by atoms with E-state index >= 15 is 0 Å². The number of nitro groups is 1. The van der Waals surface area contributed by atoms with Crippen LogP contribution >= 0.6 is 11.6 Å². The fraction of sp³-hybridized carbons (Fsp3) is 0.286. The topological polar surface area (TPSA) is 102 Å². The summed E-state index contributed by atoms with van der Waals surface area (Å²) in [5, 5.41) is 16.5. The summed E-state index contributed by atoms with van der Waals surface area (Å²) in [5.41, 5.74) is -1.66. The molecule has 0 aliphatic heterocycles. The van der Waals surface area contributed by atoms with Gasteiger partial charge in [0, 0.05) is 13.7 Å². The van der Waals surface area contributed by atoms with Gasteiger partial charge >= 0.3 is 11.9 Å². The average molecular weight is 392 g/mol. The predicted octanol–water partition coefficient (Wildman–Crippen LogP) is 3.86. The molecular formula is C14H13ClF3N5O3. The number of nitrogens with zero attached hydrogens (tertiary/aromatic N) is 3. The van der Waals surface area contributed by atoms with Gasteiger partial charge in [0.05, 0.1) is 27.8 Å². The normalized spacial score (nSPS) is 11.3. The Morgan fingerprint density at radius 1 is 1.31 bits per heavy atom. The highest BCUT2D eigenvalue weighted by atomic mass is 35.5. The number of halogens is 4. The number of benzene rings is 1. The van der Waals surface area contributed by atoms with Crippen LogP contribution in [0.1, 0.15) is 5.56 Å². The van der Waals surface area contributed by atoms with Crippen molar-refractivity contribution in [3.8, 4) is 0 Å². The van der Waals surface area contributed by atoms with Crippen LogP contribution in [-0.2, 0) is 10.9 Å². The van der Waals surface area contributed by atoms with Gasteiger partial charge in [0.1, 0.15) is 6.33 Å². The SMILES string of the molecule is COCCNc1ncnc(Nc2cc(C(F)(F)F)ccc2Cl)c1[N+](=O)[O-]. The zero-order chi connectivity index (χ0) is 19.3. The number of methoxy groups -OCH3 is 1. The standard InChI is InChI=1S/C14H13ClF3N5O3/c1-26-5-4-19-12-11(23(24)25)13(21-7-20-12)22-10-6-8(14(16,17)18)2-3-9(10)15/h2-3,6-7H,4-5H2,1H3,(H2,19,20,21,22). The van der Waals surface area contributed by atoms with Gasteiger partial charge in [0.25, 0.3) is 0 Å². The van der Waals surface area contributed by atoms with Crippen LogP contribution < -0.4 is 10.6 Å². The van der Waals surface area contributed by atoms with E-state index in [9.17, 15) is 23.3 Å². The molecule has 1 aromatic carbocycles. The first-order chi connectivity index (χ1) is 12.2. The Morgan fingerprint density at radius 3 is 2.62 bits per heavy atom. The molecule has 0 saturated carbocycles. The summed E-state index contributed by atoms with van der Waals surface area (Å²) in [6.07, 6.45) is -3.56. The Bertz CT molecular complexity index is 804. The third-order valence-corrected chi connectivity index (χ3v) is 3.48. The summed E-state index contributed by atoms with van der Waals surface area (Å²) in [6, 6.07) is 2.59. The third kappa shape index (κ3) is 4.70. The van der Waals surface area contributed by atoms with Crippen LogP contribution in [0.2, 0.25) is 5.02 Å². The maximum absolute atomic E-state index is 12.9. The lowest BCUT2D eigenvalue weighted by molar-refractivity contribution is -0.383. The van der Waals surface area contributed by atoms with E-state index < -0.39 is 22.4 Å². The summed E-state index contributed by atoms with van der Waals surface area (Å²) >= 11 is 5.90. The summed E-state index contributed by atoms with van der Waals surface area (Å²) in [7, 11) is 1.46. The van der Waals surface area contributed by atoms with Crippen molar-refractivity contribution in [1.29, 1.82) is 0 Å². The molecule has 0 atom stereocenters. The molecule has 0 radical (unpaired) electrons. The molecule has 140 valence electrons. The number of anilines is 3. The molecule has 0 unspecified atom stereocenters. The highest BCUT2D eigenvalue weighted by Gasteiger charge is 2.31. The molecule has 0 aliphatic carbocycles. The van der Waals surface area contributed by atoms with Gasteiger partial charge in [-0.2, -0.15) is 13.2 Å². The van der Waals surface area contributed by atoms with Crippen molar-refractivity contribution in [1.82, 2.24) is 9.97 Å². The quantitative estimate of drug-likeness (QED) is 0.419. The maximum atomic E-state index is 12.9. The molecule has 0 spiro atoms. The van der Waals surface area contributed by atoms with Gasteiger partial charge < -0.3 is 15.4 Å². The third-order valence-electron chi connectivity index (χ3n) is 3.15. The molecule has 12 heteroatoms. The van der Waals surface area contributed by atoms with Crippen molar-refractivity contribution in [2.75, 3.05) is 30.9 Å². The molecule has 0 saturated heterocycles. The first kappa shape index (κ1) is 19.7. The summed E-state index contributed by atoms with van der Waals surface area (Å²) in [5.74, 6) is -0.404. The molecule has 2 N–H and O–H groups in total. The van der Waals surface area contributed by atoms with Crippen LogP contribution in [0.5, 0.6) is 0 Å². The van der Waals surface area contributed by atoms with Gasteiger partial charge in [-0.1, -0.05) is 11.6 Å². The van der Waals surface area contributed by atoms with Gasteiger partial charge in [-0.25, -0.2) is 9.97 Å². The Labute approximate surface area is 150 Å². The molecule has 0 fully saturated rings. The summed E-state index contributed by atoms with van der Waals surface area (Å²) in [4.78, 5) is 18.1. The minimum Gasteiger partial charge on any atom is -0.383 e. The van der Waals surface area contributed by atoms with E-state index in [-0.39, 0.29) is 35.5 Å². The minimum absolute atomic E-state index is 0.0557. The summed E-state index contributed by atoms with van der Waals surface area (Å²) < 4.78 is 43.4. The minimum atomic E-state index is -4.59. The second-order valence-electron chi connectivity index (χ2n) is 4.91. The summed E-state index contributed by atoms with van der Waals surface area (Å²) in [6.45, 7) is 0.501. The van der Waals surface area contributed by atoms with E-state index in [1.807, 2.05) is 0 Å². The van der Waals surface area contributed by atoms with Gasteiger partial charge in [-0.15, -0.1) is 0 Å². The number of hydrogen-bond donors (Lipinski definition) is 2. The molecular weight excluding hydrogens is 379 g/mol. The molecule has 26 heavy (non-hydrogen) atoms. The lowest BCUT2D eigenvalue weighted by Gasteiger charge is -2.13. The van der Waals surface area contributed by atoms with Gasteiger partial charge in [-0.3, -0.25) is 10.1 Å². The lowest BCUT2D eigenvalue weighted by Crippen LogP contribution is -2.12. The van der Waals surface area contributed by atoms with Crippen LogP contribution in [-0.4, -0.2) is 35.2 Å². The van der Waals surface area contributed by atoms with E-state index in [1.54, 1.807) is 0 Å². The van der Waals surface area contributed by atoms with Crippen molar-refractivity contribution in [3.63, 3.8) is 0 Å². The largest absolute Gasteiger partial charge is 0.416 e. The van der Waals surface area contributed by atoms with Crippen LogP contribution in [0.15, 0.2) is 24.5 Å². The predicted molar refractivity (Wildman–Crippen MR) is 88.8 cm³/mol. The molecule has 2 rings (SSSR count). The molecule has 1 aromatic heterocycles. The molecule has 8 nitrogen and oxygen atoms in total. The number of alkyl halides is 3. The van der Waals surface area contributed by atoms with Crippen molar-refractivity contribution < 1.29 is 22.8 Å². The highest BCUT2D eigenvalue weighted by Crippen LogP contribution is 2.37. The molecule has 2 aromatic rings. The van der Waals surface area contributed by atoms with Crippen LogP contribution in [0.4, 0.5) is 36.2 Å². The van der Waals surface area contributed by atoms with Crippen LogP contribution in [0, 0.1) is 10.1 Å². The number of nitrogens with one attached hydrogen (secondary N) is 2. The second-order valence-corrected chi connectivity index (χ2v) is 5.32. The van der Waals surface area contributed by atoms with Crippen LogP contribution in [0.3, 0.4) is 0 Å². The first-order valence-corrected chi connectivity index (χ1v) is 7.47. The lowest BCUT2D eigenvalue weighted by atomic mass is 10.2. The van der Waals surface area contributed by atoms with Crippen molar-refractivity contribution in [3.05, 3.63) is 45.2 Å². The first-order valence-electron chi connectivity index (χ1n) is 7.10.